The maximum Gasteiger partial charge on any atom is 0.231 e. The Hall–Kier alpha value is -0.930. The first kappa shape index (κ1) is 11.6. The third kappa shape index (κ3) is 1.85. The highest BCUT2D eigenvalue weighted by atomic mass is 35.5. The summed E-state index contributed by atoms with van der Waals surface area (Å²) >= 11 is 6.15. The second kappa shape index (κ2) is 4.52. The van der Waals surface area contributed by atoms with E-state index in [1.54, 1.807) is 0 Å². The van der Waals surface area contributed by atoms with Crippen molar-refractivity contribution >= 4 is 11.6 Å². The first-order valence-corrected chi connectivity index (χ1v) is 5.78. The molecule has 0 amide bonds. The van der Waals surface area contributed by atoms with E-state index in [2.05, 4.69) is 19.2 Å². The summed E-state index contributed by atoms with van der Waals surface area (Å²) in [7, 11) is 1.92. The summed E-state index contributed by atoms with van der Waals surface area (Å²) in [5.41, 5.74) is 2.36. The van der Waals surface area contributed by atoms with E-state index in [1.165, 1.54) is 11.1 Å². The minimum Gasteiger partial charge on any atom is -0.453 e. The number of benzene rings is 1. The third-order valence-corrected chi connectivity index (χ3v) is 2.95. The highest BCUT2D eigenvalue weighted by Gasteiger charge is 2.25. The molecular formula is C12H16ClNO2. The molecule has 1 heterocycles. The fourth-order valence-electron chi connectivity index (χ4n) is 2.07. The molecule has 88 valence electrons. The summed E-state index contributed by atoms with van der Waals surface area (Å²) in [5, 5.41) is 3.77. The number of nitrogens with one attached hydrogen (secondary N) is 1. The standard InChI is InChI=1S/C12H16ClNO2/c1-7(2)10-8(5-14-3)4-9(13)11-12(10)16-6-15-11/h4,7,14H,5-6H2,1-3H3. The number of fused-ring (bicyclic) bond motifs is 1. The number of ether oxygens (including phenoxy) is 2. The Kier molecular flexibility index (Phi) is 3.26. The minimum absolute atomic E-state index is 0.262. The Labute approximate surface area is 101 Å². The van der Waals surface area contributed by atoms with E-state index in [1.807, 2.05) is 13.1 Å². The quantitative estimate of drug-likeness (QED) is 0.883. The van der Waals surface area contributed by atoms with Crippen molar-refractivity contribution in [2.45, 2.75) is 26.3 Å². The summed E-state index contributed by atoms with van der Waals surface area (Å²) in [6, 6.07) is 1.96. The summed E-state index contributed by atoms with van der Waals surface area (Å²) in [4.78, 5) is 0. The molecular weight excluding hydrogens is 226 g/mol. The van der Waals surface area contributed by atoms with Crippen LogP contribution in [0.25, 0.3) is 0 Å². The van der Waals surface area contributed by atoms with E-state index >= 15 is 0 Å². The predicted molar refractivity (Wildman–Crippen MR) is 64.4 cm³/mol. The molecule has 0 radical (unpaired) electrons. The van der Waals surface area contributed by atoms with E-state index < -0.39 is 0 Å². The van der Waals surface area contributed by atoms with E-state index in [-0.39, 0.29) is 6.79 Å². The molecule has 0 unspecified atom stereocenters. The van der Waals surface area contributed by atoms with Crippen molar-refractivity contribution in [2.75, 3.05) is 13.8 Å². The zero-order valence-electron chi connectivity index (χ0n) is 9.76. The number of halogens is 1. The van der Waals surface area contributed by atoms with Gasteiger partial charge in [0.25, 0.3) is 0 Å². The zero-order valence-corrected chi connectivity index (χ0v) is 10.5. The lowest BCUT2D eigenvalue weighted by atomic mass is 9.95. The highest BCUT2D eigenvalue weighted by molar-refractivity contribution is 6.32. The molecule has 0 bridgehead atoms. The Morgan fingerprint density at radius 3 is 2.69 bits per heavy atom. The summed E-state index contributed by atoms with van der Waals surface area (Å²) in [6.45, 7) is 5.33. The van der Waals surface area contributed by atoms with Crippen LogP contribution in [-0.4, -0.2) is 13.8 Å². The lowest BCUT2D eigenvalue weighted by molar-refractivity contribution is 0.173. The van der Waals surface area contributed by atoms with Crippen LogP contribution >= 0.6 is 11.6 Å². The van der Waals surface area contributed by atoms with Crippen molar-refractivity contribution in [3.05, 3.63) is 22.2 Å². The summed E-state index contributed by atoms with van der Waals surface area (Å²) in [5.74, 6) is 1.88. The van der Waals surface area contributed by atoms with Gasteiger partial charge in [-0.2, -0.15) is 0 Å². The van der Waals surface area contributed by atoms with Gasteiger partial charge in [-0.15, -0.1) is 0 Å². The largest absolute Gasteiger partial charge is 0.453 e. The number of hydrogen-bond donors (Lipinski definition) is 1. The third-order valence-electron chi connectivity index (χ3n) is 2.67. The van der Waals surface area contributed by atoms with Crippen molar-refractivity contribution in [3.63, 3.8) is 0 Å². The van der Waals surface area contributed by atoms with Gasteiger partial charge in [0.15, 0.2) is 11.5 Å². The van der Waals surface area contributed by atoms with Gasteiger partial charge in [-0.1, -0.05) is 25.4 Å². The van der Waals surface area contributed by atoms with Crippen LogP contribution in [0.4, 0.5) is 0 Å². The average molecular weight is 242 g/mol. The molecule has 0 atom stereocenters. The topological polar surface area (TPSA) is 30.5 Å². The van der Waals surface area contributed by atoms with Crippen LogP contribution < -0.4 is 14.8 Å². The fraction of sp³-hybridized carbons (Fsp3) is 0.500. The van der Waals surface area contributed by atoms with Gasteiger partial charge in [0, 0.05) is 12.1 Å². The van der Waals surface area contributed by atoms with Gasteiger partial charge in [0.05, 0.1) is 5.02 Å². The molecule has 0 aromatic heterocycles. The van der Waals surface area contributed by atoms with Gasteiger partial charge in [-0.25, -0.2) is 0 Å². The average Bonchev–Trinajstić information content (AvgIpc) is 2.66. The van der Waals surface area contributed by atoms with Gasteiger partial charge < -0.3 is 14.8 Å². The molecule has 0 fully saturated rings. The normalized spacial score (nSPS) is 13.6. The van der Waals surface area contributed by atoms with Crippen LogP contribution in [0, 0.1) is 0 Å². The van der Waals surface area contributed by atoms with Crippen molar-refractivity contribution in [2.24, 2.45) is 0 Å². The first-order chi connectivity index (χ1) is 7.65. The molecule has 0 saturated heterocycles. The second-order valence-electron chi connectivity index (χ2n) is 4.18. The maximum absolute atomic E-state index is 6.15. The molecule has 16 heavy (non-hydrogen) atoms. The van der Waals surface area contributed by atoms with Crippen molar-refractivity contribution in [1.82, 2.24) is 5.32 Å². The van der Waals surface area contributed by atoms with Crippen LogP contribution in [0.15, 0.2) is 6.07 Å². The molecule has 1 N–H and O–H groups in total. The fourth-order valence-corrected chi connectivity index (χ4v) is 2.34. The number of hydrogen-bond acceptors (Lipinski definition) is 3. The Bertz CT molecular complexity index is 404. The van der Waals surface area contributed by atoms with E-state index in [0.717, 1.165) is 12.3 Å². The molecule has 3 nitrogen and oxygen atoms in total. The lowest BCUT2D eigenvalue weighted by Crippen LogP contribution is -2.09. The van der Waals surface area contributed by atoms with Gasteiger partial charge in [-0.05, 0) is 24.6 Å². The van der Waals surface area contributed by atoms with E-state index in [4.69, 9.17) is 21.1 Å². The molecule has 0 spiro atoms. The van der Waals surface area contributed by atoms with Crippen LogP contribution in [0.1, 0.15) is 30.9 Å². The molecule has 1 aromatic rings. The van der Waals surface area contributed by atoms with Gasteiger partial charge in [0.2, 0.25) is 6.79 Å². The van der Waals surface area contributed by atoms with E-state index in [9.17, 15) is 0 Å². The Morgan fingerprint density at radius 2 is 2.06 bits per heavy atom. The van der Waals surface area contributed by atoms with Gasteiger partial charge in [-0.3, -0.25) is 0 Å². The maximum atomic E-state index is 6.15. The second-order valence-corrected chi connectivity index (χ2v) is 4.59. The van der Waals surface area contributed by atoms with Gasteiger partial charge >= 0.3 is 0 Å². The van der Waals surface area contributed by atoms with Crippen LogP contribution in [0.2, 0.25) is 5.02 Å². The minimum atomic E-state index is 0.262. The van der Waals surface area contributed by atoms with Crippen LogP contribution in [0.5, 0.6) is 11.5 Å². The predicted octanol–water partition coefficient (Wildman–Crippen LogP) is 2.91. The molecule has 0 aliphatic carbocycles. The number of rotatable bonds is 3. The SMILES string of the molecule is CNCc1cc(Cl)c2c(c1C(C)C)OCO2. The van der Waals surface area contributed by atoms with Crippen molar-refractivity contribution in [3.8, 4) is 11.5 Å². The molecule has 0 saturated carbocycles. The smallest absolute Gasteiger partial charge is 0.231 e. The first-order valence-electron chi connectivity index (χ1n) is 5.40. The molecule has 4 heteroatoms. The molecule has 1 aliphatic heterocycles. The van der Waals surface area contributed by atoms with Crippen molar-refractivity contribution in [1.29, 1.82) is 0 Å². The van der Waals surface area contributed by atoms with Crippen molar-refractivity contribution < 1.29 is 9.47 Å². The highest BCUT2D eigenvalue weighted by Crippen LogP contribution is 2.46. The van der Waals surface area contributed by atoms with E-state index in [0.29, 0.717) is 16.7 Å². The zero-order chi connectivity index (χ0) is 11.7. The molecule has 1 aliphatic rings. The Balaban J connectivity index is 2.57. The lowest BCUT2D eigenvalue weighted by Gasteiger charge is -2.16. The Morgan fingerprint density at radius 1 is 1.38 bits per heavy atom. The molecule has 1 aromatic carbocycles. The van der Waals surface area contributed by atoms with Crippen LogP contribution in [0.3, 0.4) is 0 Å². The molecule has 2 rings (SSSR count). The monoisotopic (exact) mass is 241 g/mol. The summed E-state index contributed by atoms with van der Waals surface area (Å²) in [6.07, 6.45) is 0. The van der Waals surface area contributed by atoms with Crippen LogP contribution in [-0.2, 0) is 6.54 Å². The van der Waals surface area contributed by atoms with Gasteiger partial charge in [0.1, 0.15) is 0 Å². The summed E-state index contributed by atoms with van der Waals surface area (Å²) < 4.78 is 10.9.